The van der Waals surface area contributed by atoms with Crippen LogP contribution in [0.1, 0.15) is 26.4 Å². The molecular weight excluding hydrogens is 416 g/mol. The number of rotatable bonds is 6. The number of amides is 2. The molecule has 31 heavy (non-hydrogen) atoms. The Hall–Kier alpha value is -3.84. The summed E-state index contributed by atoms with van der Waals surface area (Å²) in [5, 5.41) is 10.5. The SMILES string of the molecule is CNC(=O)c1cccc(CNC(=O)c2cc(-c3ccco3)n(-c3ccc(Cl)cc3)n2)c1. The van der Waals surface area contributed by atoms with E-state index in [2.05, 4.69) is 15.7 Å². The van der Waals surface area contributed by atoms with Gasteiger partial charge < -0.3 is 15.1 Å². The lowest BCUT2D eigenvalue weighted by molar-refractivity contribution is 0.0944. The van der Waals surface area contributed by atoms with E-state index in [-0.39, 0.29) is 24.1 Å². The minimum atomic E-state index is -0.342. The maximum absolute atomic E-state index is 12.8. The lowest BCUT2D eigenvalue weighted by Gasteiger charge is -2.06. The van der Waals surface area contributed by atoms with Crippen LogP contribution in [-0.2, 0) is 6.54 Å². The third-order valence-corrected chi connectivity index (χ3v) is 4.91. The summed E-state index contributed by atoms with van der Waals surface area (Å²) in [5.41, 5.74) is 2.95. The largest absolute Gasteiger partial charge is 0.463 e. The molecule has 2 aromatic carbocycles. The molecule has 2 aromatic heterocycles. The maximum Gasteiger partial charge on any atom is 0.272 e. The summed E-state index contributed by atoms with van der Waals surface area (Å²) in [5.74, 6) is 0.0589. The number of benzene rings is 2. The van der Waals surface area contributed by atoms with Crippen molar-refractivity contribution in [3.05, 3.63) is 94.8 Å². The number of halogens is 1. The van der Waals surface area contributed by atoms with E-state index in [1.807, 2.05) is 18.2 Å². The number of nitrogens with zero attached hydrogens (tertiary/aromatic N) is 2. The van der Waals surface area contributed by atoms with E-state index in [0.717, 1.165) is 11.3 Å². The highest BCUT2D eigenvalue weighted by molar-refractivity contribution is 6.30. The molecule has 4 aromatic rings. The first-order valence-corrected chi connectivity index (χ1v) is 9.92. The van der Waals surface area contributed by atoms with Crippen LogP contribution in [0.4, 0.5) is 0 Å². The molecule has 8 heteroatoms. The molecule has 0 spiro atoms. The standard InChI is InChI=1S/C23H19ClN4O3/c1-25-22(29)16-5-2-4-15(12-16)14-26-23(30)19-13-20(21-6-3-11-31-21)28(27-19)18-9-7-17(24)8-10-18/h2-13H,14H2,1H3,(H,25,29)(H,26,30). The third-order valence-electron chi connectivity index (χ3n) is 4.66. The summed E-state index contributed by atoms with van der Waals surface area (Å²) in [6.45, 7) is 0.257. The molecule has 156 valence electrons. The monoisotopic (exact) mass is 434 g/mol. The second-order valence-corrected chi connectivity index (χ2v) is 7.18. The Bertz CT molecular complexity index is 1210. The molecule has 0 saturated carbocycles. The van der Waals surface area contributed by atoms with Gasteiger partial charge in [-0.1, -0.05) is 23.7 Å². The van der Waals surface area contributed by atoms with Crippen LogP contribution in [0, 0.1) is 0 Å². The first-order valence-electron chi connectivity index (χ1n) is 9.54. The molecule has 7 nitrogen and oxygen atoms in total. The first-order chi connectivity index (χ1) is 15.0. The minimum Gasteiger partial charge on any atom is -0.463 e. The van der Waals surface area contributed by atoms with Crippen LogP contribution in [0.3, 0.4) is 0 Å². The Morgan fingerprint density at radius 3 is 2.55 bits per heavy atom. The lowest BCUT2D eigenvalue weighted by atomic mass is 10.1. The molecule has 2 amide bonds. The van der Waals surface area contributed by atoms with Crippen molar-refractivity contribution in [1.82, 2.24) is 20.4 Å². The fraction of sp³-hybridized carbons (Fsp3) is 0.0870. The quantitative estimate of drug-likeness (QED) is 0.478. The Morgan fingerprint density at radius 2 is 1.84 bits per heavy atom. The van der Waals surface area contributed by atoms with Gasteiger partial charge in [-0.15, -0.1) is 0 Å². The zero-order chi connectivity index (χ0) is 21.8. The highest BCUT2D eigenvalue weighted by Gasteiger charge is 2.18. The average molecular weight is 435 g/mol. The van der Waals surface area contributed by atoms with Crippen LogP contribution in [0.15, 0.2) is 77.4 Å². The zero-order valence-electron chi connectivity index (χ0n) is 16.6. The Labute approximate surface area is 183 Å². The zero-order valence-corrected chi connectivity index (χ0v) is 17.4. The van der Waals surface area contributed by atoms with Crippen molar-refractivity contribution in [1.29, 1.82) is 0 Å². The van der Waals surface area contributed by atoms with Crippen molar-refractivity contribution in [2.24, 2.45) is 0 Å². The van der Waals surface area contributed by atoms with Gasteiger partial charge in [0.05, 0.1) is 12.0 Å². The van der Waals surface area contributed by atoms with Crippen LogP contribution in [-0.4, -0.2) is 28.6 Å². The number of hydrogen-bond acceptors (Lipinski definition) is 4. The lowest BCUT2D eigenvalue weighted by Crippen LogP contribution is -2.24. The summed E-state index contributed by atoms with van der Waals surface area (Å²) in [6, 6.07) is 19.4. The van der Waals surface area contributed by atoms with Gasteiger partial charge in [-0.3, -0.25) is 9.59 Å². The molecular formula is C23H19ClN4O3. The maximum atomic E-state index is 12.8. The number of nitrogens with one attached hydrogen (secondary N) is 2. The second-order valence-electron chi connectivity index (χ2n) is 6.74. The molecule has 2 heterocycles. The van der Waals surface area contributed by atoms with Gasteiger partial charge in [0.1, 0.15) is 5.69 Å². The van der Waals surface area contributed by atoms with Gasteiger partial charge in [0.2, 0.25) is 0 Å². The molecule has 0 aliphatic carbocycles. The van der Waals surface area contributed by atoms with E-state index in [1.165, 1.54) is 0 Å². The second kappa shape index (κ2) is 8.89. The van der Waals surface area contributed by atoms with Gasteiger partial charge in [0.15, 0.2) is 11.5 Å². The first kappa shape index (κ1) is 20.4. The number of carbonyl (C=O) groups excluding carboxylic acids is 2. The molecule has 0 aliphatic rings. The topological polar surface area (TPSA) is 89.2 Å². The highest BCUT2D eigenvalue weighted by Crippen LogP contribution is 2.25. The van der Waals surface area contributed by atoms with Gasteiger partial charge in [-0.25, -0.2) is 4.68 Å². The van der Waals surface area contributed by atoms with Crippen molar-refractivity contribution in [3.8, 4) is 17.1 Å². The van der Waals surface area contributed by atoms with Crippen molar-refractivity contribution in [2.45, 2.75) is 6.54 Å². The predicted molar refractivity (Wildman–Crippen MR) is 117 cm³/mol. The molecule has 0 atom stereocenters. The van der Waals surface area contributed by atoms with Crippen molar-refractivity contribution in [2.75, 3.05) is 7.05 Å². The van der Waals surface area contributed by atoms with E-state index in [4.69, 9.17) is 16.0 Å². The van der Waals surface area contributed by atoms with Crippen molar-refractivity contribution < 1.29 is 14.0 Å². The van der Waals surface area contributed by atoms with E-state index >= 15 is 0 Å². The van der Waals surface area contributed by atoms with E-state index in [9.17, 15) is 9.59 Å². The molecule has 0 unspecified atom stereocenters. The molecule has 0 saturated heterocycles. The van der Waals surface area contributed by atoms with E-state index < -0.39 is 0 Å². The van der Waals surface area contributed by atoms with Gasteiger partial charge in [-0.05, 0) is 54.1 Å². The molecule has 0 fully saturated rings. The van der Waals surface area contributed by atoms with Crippen molar-refractivity contribution in [3.63, 3.8) is 0 Å². The van der Waals surface area contributed by atoms with Crippen LogP contribution < -0.4 is 10.6 Å². The summed E-state index contributed by atoms with van der Waals surface area (Å²) in [7, 11) is 1.57. The molecule has 0 radical (unpaired) electrons. The summed E-state index contributed by atoms with van der Waals surface area (Å²) in [4.78, 5) is 24.6. The van der Waals surface area contributed by atoms with E-state index in [1.54, 1.807) is 66.5 Å². The normalized spacial score (nSPS) is 10.6. The van der Waals surface area contributed by atoms with Crippen LogP contribution >= 0.6 is 11.6 Å². The summed E-state index contributed by atoms with van der Waals surface area (Å²) in [6.07, 6.45) is 1.56. The number of aromatic nitrogens is 2. The predicted octanol–water partition coefficient (Wildman–Crippen LogP) is 4.08. The van der Waals surface area contributed by atoms with Gasteiger partial charge >= 0.3 is 0 Å². The van der Waals surface area contributed by atoms with Crippen LogP contribution in [0.25, 0.3) is 17.1 Å². The van der Waals surface area contributed by atoms with Crippen molar-refractivity contribution >= 4 is 23.4 Å². The van der Waals surface area contributed by atoms with Crippen LogP contribution in [0.5, 0.6) is 0 Å². The molecule has 2 N–H and O–H groups in total. The van der Waals surface area contributed by atoms with Crippen LogP contribution in [0.2, 0.25) is 5.02 Å². The fourth-order valence-electron chi connectivity index (χ4n) is 3.11. The number of carbonyl (C=O) groups is 2. The Kier molecular flexibility index (Phi) is 5.86. The summed E-state index contributed by atoms with van der Waals surface area (Å²) < 4.78 is 7.15. The molecule has 4 rings (SSSR count). The van der Waals surface area contributed by atoms with Gasteiger partial charge in [-0.2, -0.15) is 5.10 Å². The van der Waals surface area contributed by atoms with Gasteiger partial charge in [0, 0.05) is 30.2 Å². The minimum absolute atomic E-state index is 0.182. The summed E-state index contributed by atoms with van der Waals surface area (Å²) >= 11 is 6.00. The average Bonchev–Trinajstić information content (AvgIpc) is 3.47. The fourth-order valence-corrected chi connectivity index (χ4v) is 3.24. The van der Waals surface area contributed by atoms with E-state index in [0.29, 0.717) is 22.0 Å². The Balaban J connectivity index is 1.58. The van der Waals surface area contributed by atoms with Gasteiger partial charge in [0.25, 0.3) is 11.8 Å². The highest BCUT2D eigenvalue weighted by atomic mass is 35.5. The third kappa shape index (κ3) is 4.51. The molecule has 0 bridgehead atoms. The molecule has 0 aliphatic heterocycles. The number of hydrogen-bond donors (Lipinski definition) is 2. The number of furan rings is 1. The smallest absolute Gasteiger partial charge is 0.272 e. The Morgan fingerprint density at radius 1 is 1.03 bits per heavy atom.